The average Bonchev–Trinajstić information content (AvgIpc) is 2.09. The summed E-state index contributed by atoms with van der Waals surface area (Å²) in [7, 11) is 0. The molecule has 2 amide bonds. The van der Waals surface area contributed by atoms with Gasteiger partial charge in [-0.1, -0.05) is 34.6 Å². The highest BCUT2D eigenvalue weighted by atomic mass is 16.2. The van der Waals surface area contributed by atoms with Gasteiger partial charge in [0.25, 0.3) is 0 Å². The van der Waals surface area contributed by atoms with Crippen molar-refractivity contribution in [1.29, 1.82) is 0 Å². The third kappa shape index (κ3) is 6.94. The van der Waals surface area contributed by atoms with E-state index >= 15 is 0 Å². The van der Waals surface area contributed by atoms with E-state index in [0.29, 0.717) is 12.5 Å². The number of carbonyl (C=O) groups is 2. The molecule has 0 aromatic carbocycles. The van der Waals surface area contributed by atoms with Crippen LogP contribution < -0.4 is 10.6 Å². The van der Waals surface area contributed by atoms with E-state index in [1.54, 1.807) is 0 Å². The minimum atomic E-state index is -0.397. The van der Waals surface area contributed by atoms with Crippen molar-refractivity contribution in [3.05, 3.63) is 0 Å². The van der Waals surface area contributed by atoms with Crippen molar-refractivity contribution in [2.45, 2.75) is 34.6 Å². The van der Waals surface area contributed by atoms with E-state index in [9.17, 15) is 9.59 Å². The maximum absolute atomic E-state index is 11.5. The Labute approximate surface area is 91.8 Å². The molecule has 0 saturated heterocycles. The first-order chi connectivity index (χ1) is 6.73. The van der Waals surface area contributed by atoms with Gasteiger partial charge in [0.2, 0.25) is 0 Å². The summed E-state index contributed by atoms with van der Waals surface area (Å²) in [5.74, 6) is 0.441. The van der Waals surface area contributed by atoms with E-state index in [1.807, 2.05) is 34.6 Å². The highest BCUT2D eigenvalue weighted by Gasteiger charge is 2.21. The first-order valence-electron chi connectivity index (χ1n) is 5.28. The summed E-state index contributed by atoms with van der Waals surface area (Å²) in [6, 6.07) is -0.277. The second kappa shape index (κ2) is 5.73. The fourth-order valence-corrected chi connectivity index (χ4v) is 0.785. The molecule has 0 fully saturated rings. The van der Waals surface area contributed by atoms with Crippen LogP contribution in [-0.2, 0) is 4.79 Å². The van der Waals surface area contributed by atoms with E-state index < -0.39 is 5.41 Å². The lowest BCUT2D eigenvalue weighted by Crippen LogP contribution is -2.42. The number of rotatable bonds is 4. The summed E-state index contributed by atoms with van der Waals surface area (Å²) in [5.41, 5.74) is -0.397. The Morgan fingerprint density at radius 3 is 2.07 bits per heavy atom. The lowest BCUT2D eigenvalue weighted by atomic mass is 9.91. The van der Waals surface area contributed by atoms with Gasteiger partial charge in [0.1, 0.15) is 0 Å². The van der Waals surface area contributed by atoms with Crippen LogP contribution in [-0.4, -0.2) is 24.9 Å². The van der Waals surface area contributed by atoms with Gasteiger partial charge in [-0.25, -0.2) is 4.79 Å². The Bertz CT molecular complexity index is 229. The Morgan fingerprint density at radius 2 is 1.67 bits per heavy atom. The molecule has 2 N–H and O–H groups in total. The molecular formula is C11H22N2O2. The number of carbonyl (C=O) groups excluding carboxylic acids is 2. The van der Waals surface area contributed by atoms with E-state index in [1.165, 1.54) is 0 Å². The molecule has 0 aliphatic carbocycles. The average molecular weight is 214 g/mol. The molecule has 0 saturated carbocycles. The van der Waals surface area contributed by atoms with Gasteiger partial charge < -0.3 is 10.6 Å². The van der Waals surface area contributed by atoms with Crippen molar-refractivity contribution in [2.75, 3.05) is 13.1 Å². The summed E-state index contributed by atoms with van der Waals surface area (Å²) in [6.07, 6.45) is 0. The minimum absolute atomic E-state index is 0.0298. The molecule has 0 unspecified atom stereocenters. The fraction of sp³-hybridized carbons (Fsp3) is 0.818. The van der Waals surface area contributed by atoms with Crippen LogP contribution in [0.15, 0.2) is 0 Å². The summed E-state index contributed by atoms with van der Waals surface area (Å²) in [6.45, 7) is 10.2. The predicted octanol–water partition coefficient (Wildman–Crippen LogP) is 1.56. The molecule has 0 heterocycles. The monoisotopic (exact) mass is 214 g/mol. The van der Waals surface area contributed by atoms with E-state index in [4.69, 9.17) is 0 Å². The van der Waals surface area contributed by atoms with Gasteiger partial charge in [-0.3, -0.25) is 4.79 Å². The number of urea groups is 1. The third-order valence-corrected chi connectivity index (χ3v) is 1.92. The van der Waals surface area contributed by atoms with Gasteiger partial charge in [-0.15, -0.1) is 0 Å². The van der Waals surface area contributed by atoms with Crippen molar-refractivity contribution in [3.63, 3.8) is 0 Å². The quantitative estimate of drug-likeness (QED) is 0.746. The summed E-state index contributed by atoms with van der Waals surface area (Å²) in [5, 5.41) is 5.23. The maximum Gasteiger partial charge on any atom is 0.315 e. The molecule has 0 aromatic heterocycles. The normalized spacial score (nSPS) is 11.3. The van der Waals surface area contributed by atoms with E-state index in [-0.39, 0.29) is 18.4 Å². The standard InChI is InChI=1S/C11H22N2O2/c1-8(2)6-12-10(15)13-7-9(14)11(3,4)5/h8H,6-7H2,1-5H3,(H2,12,13,15). The predicted molar refractivity (Wildman–Crippen MR) is 60.7 cm³/mol. The highest BCUT2D eigenvalue weighted by Crippen LogP contribution is 2.13. The van der Waals surface area contributed by atoms with Gasteiger partial charge in [0, 0.05) is 12.0 Å². The second-order valence-corrected chi connectivity index (χ2v) is 5.13. The SMILES string of the molecule is CC(C)CNC(=O)NCC(=O)C(C)(C)C. The zero-order chi connectivity index (χ0) is 12.1. The molecule has 0 bridgehead atoms. The molecule has 0 atom stereocenters. The molecule has 15 heavy (non-hydrogen) atoms. The lowest BCUT2D eigenvalue weighted by Gasteiger charge is -2.17. The molecule has 0 rings (SSSR count). The van der Waals surface area contributed by atoms with Gasteiger partial charge in [0.15, 0.2) is 5.78 Å². The zero-order valence-electron chi connectivity index (χ0n) is 10.3. The topological polar surface area (TPSA) is 58.2 Å². The van der Waals surface area contributed by atoms with Crippen LogP contribution >= 0.6 is 0 Å². The smallest absolute Gasteiger partial charge is 0.315 e. The molecule has 4 nitrogen and oxygen atoms in total. The Hall–Kier alpha value is -1.06. The van der Waals surface area contributed by atoms with Gasteiger partial charge in [-0.05, 0) is 5.92 Å². The van der Waals surface area contributed by atoms with E-state index in [0.717, 1.165) is 0 Å². The van der Waals surface area contributed by atoms with Crippen LogP contribution in [0.1, 0.15) is 34.6 Å². The molecule has 0 aliphatic heterocycles. The molecular weight excluding hydrogens is 192 g/mol. The Morgan fingerprint density at radius 1 is 1.13 bits per heavy atom. The van der Waals surface area contributed by atoms with Gasteiger partial charge >= 0.3 is 6.03 Å². The number of ketones is 1. The maximum atomic E-state index is 11.5. The fourth-order valence-electron chi connectivity index (χ4n) is 0.785. The van der Waals surface area contributed by atoms with Crippen LogP contribution in [0.3, 0.4) is 0 Å². The van der Waals surface area contributed by atoms with Gasteiger partial charge in [0.05, 0.1) is 6.54 Å². The second-order valence-electron chi connectivity index (χ2n) is 5.13. The van der Waals surface area contributed by atoms with Crippen molar-refractivity contribution >= 4 is 11.8 Å². The number of hydrogen-bond donors (Lipinski definition) is 2. The largest absolute Gasteiger partial charge is 0.338 e. The summed E-state index contributed by atoms with van der Waals surface area (Å²) in [4.78, 5) is 22.7. The molecule has 88 valence electrons. The number of nitrogens with one attached hydrogen (secondary N) is 2. The van der Waals surface area contributed by atoms with Crippen LogP contribution in [0.2, 0.25) is 0 Å². The summed E-state index contributed by atoms with van der Waals surface area (Å²) < 4.78 is 0. The Balaban J connectivity index is 3.77. The van der Waals surface area contributed by atoms with Gasteiger partial charge in [-0.2, -0.15) is 0 Å². The van der Waals surface area contributed by atoms with Crippen LogP contribution in [0.25, 0.3) is 0 Å². The van der Waals surface area contributed by atoms with E-state index in [2.05, 4.69) is 10.6 Å². The van der Waals surface area contributed by atoms with Crippen molar-refractivity contribution in [1.82, 2.24) is 10.6 Å². The summed E-state index contributed by atoms with van der Waals surface area (Å²) >= 11 is 0. The number of hydrogen-bond acceptors (Lipinski definition) is 2. The van der Waals surface area contributed by atoms with Crippen LogP contribution in [0.4, 0.5) is 4.79 Å². The first kappa shape index (κ1) is 13.9. The number of Topliss-reactive ketones (excluding diaryl/α,β-unsaturated/α-hetero) is 1. The molecule has 0 aliphatic rings. The molecule has 0 aromatic rings. The third-order valence-electron chi connectivity index (χ3n) is 1.92. The lowest BCUT2D eigenvalue weighted by molar-refractivity contribution is -0.125. The number of amides is 2. The first-order valence-corrected chi connectivity index (χ1v) is 5.28. The zero-order valence-corrected chi connectivity index (χ0v) is 10.3. The Kier molecular flexibility index (Phi) is 5.33. The van der Waals surface area contributed by atoms with Crippen molar-refractivity contribution in [2.24, 2.45) is 11.3 Å². The molecule has 0 radical (unpaired) electrons. The highest BCUT2D eigenvalue weighted by molar-refractivity contribution is 5.88. The van der Waals surface area contributed by atoms with Crippen molar-refractivity contribution < 1.29 is 9.59 Å². The van der Waals surface area contributed by atoms with Crippen molar-refractivity contribution in [3.8, 4) is 0 Å². The molecule has 4 heteroatoms. The van der Waals surface area contributed by atoms with Crippen LogP contribution in [0, 0.1) is 11.3 Å². The minimum Gasteiger partial charge on any atom is -0.338 e. The molecule has 0 spiro atoms. The van der Waals surface area contributed by atoms with Crippen LogP contribution in [0.5, 0.6) is 0 Å².